The maximum atomic E-state index is 11.3. The van der Waals surface area contributed by atoms with Gasteiger partial charge in [0.2, 0.25) is 5.96 Å². The molecule has 0 amide bonds. The number of nitrogens with zero attached hydrogens (tertiary/aromatic N) is 1. The number of aliphatic hydroxyl groups is 1. The molecule has 1 atom stereocenters. The van der Waals surface area contributed by atoms with E-state index in [4.69, 9.17) is 11.5 Å². The molecular weight excluding hydrogens is 186 g/mol. The number of guanidine groups is 1. The third kappa shape index (κ3) is 2.88. The monoisotopic (exact) mass is 203 g/mol. The van der Waals surface area contributed by atoms with Gasteiger partial charge < -0.3 is 21.4 Å². The minimum absolute atomic E-state index is 0.372. The van der Waals surface area contributed by atoms with E-state index in [1.54, 1.807) is 20.8 Å². The van der Waals surface area contributed by atoms with Crippen molar-refractivity contribution >= 4 is 11.9 Å². The number of rotatable bonds is 2. The Balaban J connectivity index is 4.61. The summed E-state index contributed by atoms with van der Waals surface area (Å²) < 4.78 is 0. The van der Waals surface area contributed by atoms with E-state index in [2.05, 4.69) is 9.99 Å². The van der Waals surface area contributed by atoms with Crippen LogP contribution < -0.4 is 11.5 Å². The van der Waals surface area contributed by atoms with Gasteiger partial charge in [0.1, 0.15) is 0 Å². The van der Waals surface area contributed by atoms with Crippen LogP contribution in [0, 0.1) is 5.41 Å². The van der Waals surface area contributed by atoms with Gasteiger partial charge in [0, 0.05) is 5.41 Å². The summed E-state index contributed by atoms with van der Waals surface area (Å²) in [5.74, 6) is -1.26. The van der Waals surface area contributed by atoms with Gasteiger partial charge in [-0.1, -0.05) is 20.8 Å². The van der Waals surface area contributed by atoms with Gasteiger partial charge in [-0.15, -0.1) is 0 Å². The molecule has 0 rings (SSSR count). The van der Waals surface area contributed by atoms with Crippen molar-refractivity contribution in [1.82, 2.24) is 0 Å². The van der Waals surface area contributed by atoms with Crippen LogP contribution in [-0.2, 0) is 9.63 Å². The Kier molecular flexibility index (Phi) is 3.47. The smallest absolute Gasteiger partial charge is 0.366 e. The van der Waals surface area contributed by atoms with Gasteiger partial charge >= 0.3 is 5.97 Å². The second-order valence-corrected chi connectivity index (χ2v) is 4.22. The van der Waals surface area contributed by atoms with E-state index < -0.39 is 17.0 Å². The number of hydrogen-bond acceptors (Lipinski definition) is 4. The Morgan fingerprint density at radius 3 is 2.00 bits per heavy atom. The largest absolute Gasteiger partial charge is 0.378 e. The molecule has 82 valence electrons. The average molecular weight is 203 g/mol. The maximum Gasteiger partial charge on any atom is 0.366 e. The summed E-state index contributed by atoms with van der Waals surface area (Å²) in [6.07, 6.45) is 0. The standard InChI is InChI=1S/C8H17N3O3/c1-7(2,3)8(4,13)5(12)14-11-6(9)10/h13H,1-4H3,(H4,9,10,11). The summed E-state index contributed by atoms with van der Waals surface area (Å²) in [7, 11) is 0. The second kappa shape index (κ2) is 3.83. The highest BCUT2D eigenvalue weighted by Crippen LogP contribution is 2.30. The van der Waals surface area contributed by atoms with E-state index in [9.17, 15) is 9.90 Å². The quantitative estimate of drug-likeness (QED) is 0.243. The molecule has 0 radical (unpaired) electrons. The van der Waals surface area contributed by atoms with Crippen molar-refractivity contribution in [3.63, 3.8) is 0 Å². The Hall–Kier alpha value is -1.30. The fourth-order valence-electron chi connectivity index (χ4n) is 0.489. The molecule has 14 heavy (non-hydrogen) atoms. The van der Waals surface area contributed by atoms with Gasteiger partial charge in [0.15, 0.2) is 5.60 Å². The van der Waals surface area contributed by atoms with Crippen LogP contribution in [0.5, 0.6) is 0 Å². The van der Waals surface area contributed by atoms with Crippen molar-refractivity contribution in [2.45, 2.75) is 33.3 Å². The minimum Gasteiger partial charge on any atom is -0.378 e. The molecule has 0 saturated carbocycles. The maximum absolute atomic E-state index is 11.3. The zero-order valence-corrected chi connectivity index (χ0v) is 8.87. The van der Waals surface area contributed by atoms with Gasteiger partial charge in [-0.05, 0) is 12.1 Å². The Bertz CT molecular complexity index is 249. The summed E-state index contributed by atoms with van der Waals surface area (Å²) in [6, 6.07) is 0. The third-order valence-corrected chi connectivity index (χ3v) is 2.09. The first-order valence-corrected chi connectivity index (χ1v) is 4.12. The van der Waals surface area contributed by atoms with Gasteiger partial charge in [-0.3, -0.25) is 0 Å². The van der Waals surface area contributed by atoms with Crippen LogP contribution in [0.2, 0.25) is 0 Å². The lowest BCUT2D eigenvalue weighted by molar-refractivity contribution is -0.175. The van der Waals surface area contributed by atoms with Crippen molar-refractivity contribution in [2.24, 2.45) is 22.0 Å². The fraction of sp³-hybridized carbons (Fsp3) is 0.750. The zero-order chi connectivity index (χ0) is 11.6. The van der Waals surface area contributed by atoms with Crippen molar-refractivity contribution in [2.75, 3.05) is 0 Å². The molecule has 6 heteroatoms. The molecule has 6 nitrogen and oxygen atoms in total. The van der Waals surface area contributed by atoms with Crippen molar-refractivity contribution in [3.05, 3.63) is 0 Å². The number of oxime groups is 1. The molecule has 1 unspecified atom stereocenters. The van der Waals surface area contributed by atoms with Gasteiger partial charge in [0.25, 0.3) is 0 Å². The second-order valence-electron chi connectivity index (χ2n) is 4.22. The van der Waals surface area contributed by atoms with E-state index in [1.807, 2.05) is 0 Å². The first kappa shape index (κ1) is 12.7. The highest BCUT2D eigenvalue weighted by molar-refractivity contribution is 5.81. The van der Waals surface area contributed by atoms with E-state index in [0.717, 1.165) is 0 Å². The first-order valence-electron chi connectivity index (χ1n) is 4.12. The molecule has 0 spiro atoms. The van der Waals surface area contributed by atoms with Crippen LogP contribution in [0.25, 0.3) is 0 Å². The van der Waals surface area contributed by atoms with Crippen LogP contribution in [0.15, 0.2) is 5.16 Å². The minimum atomic E-state index is -1.65. The molecule has 0 aliphatic heterocycles. The molecule has 0 aromatic rings. The van der Waals surface area contributed by atoms with Crippen LogP contribution in [0.3, 0.4) is 0 Å². The van der Waals surface area contributed by atoms with Crippen LogP contribution >= 0.6 is 0 Å². The molecular formula is C8H17N3O3. The number of carbonyl (C=O) groups is 1. The van der Waals surface area contributed by atoms with E-state index in [0.29, 0.717) is 0 Å². The van der Waals surface area contributed by atoms with E-state index >= 15 is 0 Å². The third-order valence-electron chi connectivity index (χ3n) is 2.09. The van der Waals surface area contributed by atoms with Crippen molar-refractivity contribution < 1.29 is 14.7 Å². The number of nitrogens with two attached hydrogens (primary N) is 2. The van der Waals surface area contributed by atoms with Crippen molar-refractivity contribution in [3.8, 4) is 0 Å². The summed E-state index contributed by atoms with van der Waals surface area (Å²) in [5, 5.41) is 12.9. The topological polar surface area (TPSA) is 111 Å². The molecule has 0 aliphatic carbocycles. The molecule has 0 aromatic carbocycles. The summed E-state index contributed by atoms with van der Waals surface area (Å²) in [4.78, 5) is 15.7. The summed E-state index contributed by atoms with van der Waals surface area (Å²) in [5.41, 5.74) is 7.61. The predicted octanol–water partition coefficient (Wildman–Crippen LogP) is -0.485. The van der Waals surface area contributed by atoms with Crippen LogP contribution in [-0.4, -0.2) is 22.6 Å². The first-order chi connectivity index (χ1) is 6.09. The highest BCUT2D eigenvalue weighted by Gasteiger charge is 2.44. The van der Waals surface area contributed by atoms with Gasteiger partial charge in [-0.25, -0.2) is 4.79 Å². The van der Waals surface area contributed by atoms with Gasteiger partial charge in [-0.2, -0.15) is 0 Å². The number of carbonyl (C=O) groups excluding carboxylic acids is 1. The molecule has 0 saturated heterocycles. The molecule has 0 fully saturated rings. The highest BCUT2D eigenvalue weighted by atomic mass is 16.7. The molecule has 0 aliphatic rings. The molecule has 0 heterocycles. The molecule has 0 bridgehead atoms. The normalized spacial score (nSPS) is 15.5. The lowest BCUT2D eigenvalue weighted by Gasteiger charge is -2.33. The Morgan fingerprint density at radius 2 is 1.71 bits per heavy atom. The Labute approximate surface area is 82.9 Å². The SMILES string of the molecule is CC(C)(C)C(C)(O)C(=O)ON=C(N)N. The summed E-state index contributed by atoms with van der Waals surface area (Å²) in [6.45, 7) is 6.44. The lowest BCUT2D eigenvalue weighted by Crippen LogP contribution is -2.48. The van der Waals surface area contributed by atoms with E-state index in [1.165, 1.54) is 6.92 Å². The van der Waals surface area contributed by atoms with Crippen LogP contribution in [0.4, 0.5) is 0 Å². The molecule has 0 aromatic heterocycles. The Morgan fingerprint density at radius 1 is 1.29 bits per heavy atom. The predicted molar refractivity (Wildman–Crippen MR) is 52.0 cm³/mol. The lowest BCUT2D eigenvalue weighted by atomic mass is 9.78. The fourth-order valence-corrected chi connectivity index (χ4v) is 0.489. The van der Waals surface area contributed by atoms with E-state index in [-0.39, 0.29) is 5.96 Å². The van der Waals surface area contributed by atoms with Crippen LogP contribution in [0.1, 0.15) is 27.7 Å². The summed E-state index contributed by atoms with van der Waals surface area (Å²) >= 11 is 0. The zero-order valence-electron chi connectivity index (χ0n) is 8.87. The van der Waals surface area contributed by atoms with Crippen molar-refractivity contribution in [1.29, 1.82) is 0 Å². The average Bonchev–Trinajstić information content (AvgIpc) is 1.97. The molecule has 5 N–H and O–H groups in total. The number of hydrogen-bond donors (Lipinski definition) is 3. The van der Waals surface area contributed by atoms with Gasteiger partial charge in [0.05, 0.1) is 0 Å².